The molecule has 0 spiro atoms. The number of allylic oxidation sites excluding steroid dienone is 1. The molecule has 0 rings (SSSR count). The van der Waals surface area contributed by atoms with Crippen LogP contribution in [0.5, 0.6) is 0 Å². The summed E-state index contributed by atoms with van der Waals surface area (Å²) >= 11 is 0. The molecule has 0 saturated heterocycles. The van der Waals surface area contributed by atoms with Crippen molar-refractivity contribution in [2.24, 2.45) is 4.99 Å². The predicted octanol–water partition coefficient (Wildman–Crippen LogP) is 1.28. The summed E-state index contributed by atoms with van der Waals surface area (Å²) in [6, 6.07) is 0. The molecular formula is C19H36KNO4S. The Morgan fingerprint density at radius 1 is 0.923 bits per heavy atom. The van der Waals surface area contributed by atoms with Crippen LogP contribution in [0.15, 0.2) is 17.1 Å². The van der Waals surface area contributed by atoms with E-state index in [0.29, 0.717) is 0 Å². The van der Waals surface area contributed by atoms with Crippen molar-refractivity contribution >= 4 is 16.0 Å². The summed E-state index contributed by atoms with van der Waals surface area (Å²) in [6.45, 7) is 2.37. The van der Waals surface area contributed by atoms with Gasteiger partial charge >= 0.3 is 51.4 Å². The Morgan fingerprint density at radius 2 is 1.42 bits per heavy atom. The van der Waals surface area contributed by atoms with Gasteiger partial charge < -0.3 is 10.1 Å². The molecule has 0 radical (unpaired) electrons. The second-order valence-corrected chi connectivity index (χ2v) is 8.16. The smallest absolute Gasteiger partial charge is 0.859 e. The van der Waals surface area contributed by atoms with Gasteiger partial charge in [-0.15, -0.1) is 0 Å². The monoisotopic (exact) mass is 413 g/mol. The van der Waals surface area contributed by atoms with Gasteiger partial charge in [0, 0.05) is 6.54 Å². The van der Waals surface area contributed by atoms with Crippen molar-refractivity contribution in [3.63, 3.8) is 0 Å². The molecule has 0 aromatic carbocycles. The molecule has 0 fully saturated rings. The van der Waals surface area contributed by atoms with E-state index in [2.05, 4.69) is 11.9 Å². The molecule has 0 aromatic rings. The average Bonchev–Trinajstić information content (AvgIpc) is 2.55. The molecule has 0 aromatic heterocycles. The largest absolute Gasteiger partial charge is 1.00 e. The van der Waals surface area contributed by atoms with Crippen molar-refractivity contribution in [1.82, 2.24) is 0 Å². The van der Waals surface area contributed by atoms with Crippen LogP contribution in [0.1, 0.15) is 90.4 Å². The zero-order valence-corrected chi connectivity index (χ0v) is 20.7. The van der Waals surface area contributed by atoms with Gasteiger partial charge in [0.25, 0.3) is 10.1 Å². The second-order valence-electron chi connectivity index (χ2n) is 6.59. The van der Waals surface area contributed by atoms with E-state index < -0.39 is 10.1 Å². The van der Waals surface area contributed by atoms with E-state index in [1.54, 1.807) is 0 Å². The molecule has 0 aliphatic heterocycles. The van der Waals surface area contributed by atoms with E-state index in [0.717, 1.165) is 12.8 Å². The van der Waals surface area contributed by atoms with Crippen LogP contribution < -0.4 is 56.5 Å². The number of hydrogen-bond donors (Lipinski definition) is 1. The minimum absolute atomic E-state index is 0. The Kier molecular flexibility index (Phi) is 22.8. The second kappa shape index (κ2) is 20.5. The molecule has 0 saturated carbocycles. The van der Waals surface area contributed by atoms with Gasteiger partial charge in [-0.25, -0.2) is 0 Å². The summed E-state index contributed by atoms with van der Waals surface area (Å²) in [5.41, 5.74) is 0. The number of aliphatic imine (C=N–C) groups is 1. The zero-order valence-electron chi connectivity index (χ0n) is 16.8. The summed E-state index contributed by atoms with van der Waals surface area (Å²) < 4.78 is 29.5. The fourth-order valence-corrected chi connectivity index (χ4v) is 3.09. The van der Waals surface area contributed by atoms with Crippen molar-refractivity contribution in [2.75, 3.05) is 12.3 Å². The van der Waals surface area contributed by atoms with Crippen molar-refractivity contribution in [3.05, 3.63) is 12.2 Å². The third kappa shape index (κ3) is 24.8. The molecule has 0 bridgehead atoms. The molecule has 0 atom stereocenters. The van der Waals surface area contributed by atoms with Crippen LogP contribution in [0.3, 0.4) is 0 Å². The zero-order chi connectivity index (χ0) is 18.8. The quantitative estimate of drug-likeness (QED) is 0.128. The molecule has 1 N–H and O–H groups in total. The van der Waals surface area contributed by atoms with E-state index in [9.17, 15) is 13.5 Å². The van der Waals surface area contributed by atoms with Gasteiger partial charge in [-0.2, -0.15) is 8.42 Å². The van der Waals surface area contributed by atoms with E-state index in [1.165, 1.54) is 70.3 Å². The number of nitrogens with zero attached hydrogens (tertiary/aromatic N) is 1. The number of hydrogen-bond acceptors (Lipinski definition) is 4. The van der Waals surface area contributed by atoms with Crippen LogP contribution in [0, 0.1) is 0 Å². The molecule has 5 nitrogen and oxygen atoms in total. The Hall–Kier alpha value is 0.756. The number of rotatable bonds is 17. The van der Waals surface area contributed by atoms with Crippen LogP contribution in [0.25, 0.3) is 0 Å². The maximum absolute atomic E-state index is 11.4. The summed E-state index contributed by atoms with van der Waals surface area (Å²) in [7, 11) is -3.95. The van der Waals surface area contributed by atoms with Crippen LogP contribution in [0.4, 0.5) is 0 Å². The standard InChI is InChI=1S/C19H37NO4S.K/c1-2-3-4-5-6-7-8-9-10-11-12-13-14-16-19(21)20-17-15-18-25(22,23)24;/h14,16H,2-13,15,17-18H2,1H3,(H,20,21)(H,22,23,24);/q;+1/p-1/b16-14+;. The molecule has 148 valence electrons. The maximum Gasteiger partial charge on any atom is 1.00 e. The van der Waals surface area contributed by atoms with Crippen molar-refractivity contribution in [2.45, 2.75) is 90.4 Å². The Balaban J connectivity index is 0. The summed E-state index contributed by atoms with van der Waals surface area (Å²) in [4.78, 5) is 3.72. The fraction of sp³-hybridized carbons (Fsp3) is 0.842. The summed E-state index contributed by atoms with van der Waals surface area (Å²) in [5, 5.41) is 11.4. The molecular weight excluding hydrogens is 377 g/mol. The van der Waals surface area contributed by atoms with Crippen molar-refractivity contribution in [3.8, 4) is 0 Å². The van der Waals surface area contributed by atoms with Gasteiger partial charge in [0.2, 0.25) is 0 Å². The molecule has 0 aliphatic carbocycles. The minimum Gasteiger partial charge on any atom is -0.859 e. The fourth-order valence-electron chi connectivity index (χ4n) is 2.60. The Morgan fingerprint density at radius 3 is 1.92 bits per heavy atom. The van der Waals surface area contributed by atoms with Gasteiger partial charge in [-0.1, -0.05) is 83.3 Å². The third-order valence-corrected chi connectivity index (χ3v) is 4.87. The van der Waals surface area contributed by atoms with E-state index in [4.69, 9.17) is 4.55 Å². The van der Waals surface area contributed by atoms with Gasteiger partial charge in [0.05, 0.1) is 5.75 Å². The Labute approximate surface area is 203 Å². The van der Waals surface area contributed by atoms with Crippen molar-refractivity contribution < 1.29 is 69.5 Å². The van der Waals surface area contributed by atoms with Crippen molar-refractivity contribution in [1.29, 1.82) is 0 Å². The van der Waals surface area contributed by atoms with E-state index in [-0.39, 0.29) is 76.0 Å². The first-order valence-electron chi connectivity index (χ1n) is 9.79. The maximum atomic E-state index is 11.4. The normalized spacial score (nSPS) is 12.5. The molecule has 0 unspecified atom stereocenters. The molecule has 0 aliphatic rings. The van der Waals surface area contributed by atoms with Gasteiger partial charge in [0.15, 0.2) is 0 Å². The topological polar surface area (TPSA) is 89.8 Å². The van der Waals surface area contributed by atoms with Crippen LogP contribution in [-0.2, 0) is 10.1 Å². The van der Waals surface area contributed by atoms with Gasteiger partial charge in [-0.3, -0.25) is 4.55 Å². The first-order chi connectivity index (χ1) is 12.0. The van der Waals surface area contributed by atoms with Crippen LogP contribution in [-0.4, -0.2) is 31.2 Å². The van der Waals surface area contributed by atoms with Crippen LogP contribution in [0.2, 0.25) is 0 Å². The Bertz CT molecular complexity index is 464. The first-order valence-corrected chi connectivity index (χ1v) is 11.4. The molecule has 0 amide bonds. The summed E-state index contributed by atoms with van der Waals surface area (Å²) in [6.07, 6.45) is 18.7. The van der Waals surface area contributed by atoms with E-state index in [1.807, 2.05) is 6.08 Å². The third-order valence-electron chi connectivity index (χ3n) is 4.06. The van der Waals surface area contributed by atoms with Gasteiger partial charge in [0.1, 0.15) is 0 Å². The average molecular weight is 414 g/mol. The van der Waals surface area contributed by atoms with Gasteiger partial charge in [-0.05, 0) is 25.2 Å². The SMILES string of the molecule is CCCCCCCCCCCCC/C=C/C([O-])=NCCCS(=O)(=O)O.[K+]. The van der Waals surface area contributed by atoms with E-state index >= 15 is 0 Å². The molecule has 26 heavy (non-hydrogen) atoms. The first kappa shape index (κ1) is 29.0. The minimum atomic E-state index is -3.95. The molecule has 0 heterocycles. The number of unbranched alkanes of at least 4 members (excludes halogenated alkanes) is 11. The molecule has 7 heteroatoms. The predicted molar refractivity (Wildman–Crippen MR) is 104 cm³/mol. The summed E-state index contributed by atoms with van der Waals surface area (Å²) in [5.74, 6) is -0.690. The van der Waals surface area contributed by atoms with Crippen LogP contribution >= 0.6 is 0 Å².